The average Bonchev–Trinajstić information content (AvgIpc) is 2.83. The van der Waals surface area contributed by atoms with Crippen LogP contribution in [0.15, 0.2) is 23.6 Å². The fourth-order valence-electron chi connectivity index (χ4n) is 1.84. The second kappa shape index (κ2) is 5.38. The van der Waals surface area contributed by atoms with E-state index >= 15 is 0 Å². The maximum Gasteiger partial charge on any atom is 0.260 e. The molecule has 0 bridgehead atoms. The third-order valence-electron chi connectivity index (χ3n) is 2.87. The van der Waals surface area contributed by atoms with Gasteiger partial charge < -0.3 is 10.6 Å². The number of hydrogen-bond acceptors (Lipinski definition) is 4. The maximum atomic E-state index is 13.9. The third kappa shape index (κ3) is 2.39. The number of rotatable bonds is 3. The van der Waals surface area contributed by atoms with E-state index in [-0.39, 0.29) is 11.3 Å². The van der Waals surface area contributed by atoms with E-state index in [0.717, 1.165) is 16.4 Å². The molecule has 1 aromatic carbocycles. The van der Waals surface area contributed by atoms with E-state index in [9.17, 15) is 14.0 Å². The molecular formula is C13H12FN3O2S. The van der Waals surface area contributed by atoms with Gasteiger partial charge in [-0.05, 0) is 30.6 Å². The van der Waals surface area contributed by atoms with Crippen molar-refractivity contribution < 1.29 is 14.0 Å². The number of aryl methyl sites for hydroxylation is 1. The van der Waals surface area contributed by atoms with Crippen LogP contribution in [0.25, 0.3) is 0 Å². The maximum absolute atomic E-state index is 13.9. The van der Waals surface area contributed by atoms with E-state index < -0.39 is 17.6 Å². The Morgan fingerprint density at radius 2 is 2.05 bits per heavy atom. The van der Waals surface area contributed by atoms with E-state index in [2.05, 4.69) is 4.37 Å². The zero-order valence-corrected chi connectivity index (χ0v) is 11.7. The second-order valence-electron chi connectivity index (χ2n) is 4.18. The largest absolute Gasteiger partial charge is 0.366 e. The van der Waals surface area contributed by atoms with Crippen molar-refractivity contribution in [2.24, 2.45) is 5.73 Å². The highest BCUT2D eigenvalue weighted by Gasteiger charge is 2.23. The lowest BCUT2D eigenvalue weighted by Gasteiger charge is -2.20. The highest BCUT2D eigenvalue weighted by Crippen LogP contribution is 2.25. The first-order valence-corrected chi connectivity index (χ1v) is 6.54. The summed E-state index contributed by atoms with van der Waals surface area (Å²) < 4.78 is 18.0. The topological polar surface area (TPSA) is 76.3 Å². The molecule has 0 aliphatic heterocycles. The third-order valence-corrected chi connectivity index (χ3v) is 3.59. The summed E-state index contributed by atoms with van der Waals surface area (Å²) in [6, 6.07) is 3.92. The standard InChI is InChI=1S/C13H12FN3O2S/c1-7-9(6-20-16-7)13(19)17(2)11-8(12(15)18)4-3-5-10(11)14/h3-6H,1-2H3,(H2,15,18). The van der Waals surface area contributed by atoms with Crippen LogP contribution >= 0.6 is 11.5 Å². The number of para-hydroxylation sites is 1. The summed E-state index contributed by atoms with van der Waals surface area (Å²) in [6.07, 6.45) is 0. The van der Waals surface area contributed by atoms with Crippen molar-refractivity contribution in [2.75, 3.05) is 11.9 Å². The van der Waals surface area contributed by atoms with Crippen LogP contribution in [0.3, 0.4) is 0 Å². The minimum Gasteiger partial charge on any atom is -0.366 e. The molecule has 0 fully saturated rings. The number of nitrogens with zero attached hydrogens (tertiary/aromatic N) is 2. The summed E-state index contributed by atoms with van der Waals surface area (Å²) in [5, 5.41) is 1.58. The number of carbonyl (C=O) groups excluding carboxylic acids is 2. The summed E-state index contributed by atoms with van der Waals surface area (Å²) in [6.45, 7) is 1.69. The Morgan fingerprint density at radius 3 is 2.60 bits per heavy atom. The van der Waals surface area contributed by atoms with Gasteiger partial charge in [0.25, 0.3) is 11.8 Å². The Labute approximate surface area is 119 Å². The van der Waals surface area contributed by atoms with Gasteiger partial charge in [-0.15, -0.1) is 0 Å². The molecule has 104 valence electrons. The number of halogens is 1. The number of primary amides is 1. The molecule has 5 nitrogen and oxygen atoms in total. The van der Waals surface area contributed by atoms with E-state index in [4.69, 9.17) is 5.73 Å². The number of amides is 2. The second-order valence-corrected chi connectivity index (χ2v) is 4.81. The molecule has 2 rings (SSSR count). The Morgan fingerprint density at radius 1 is 1.35 bits per heavy atom. The van der Waals surface area contributed by atoms with Crippen LogP contribution in [-0.4, -0.2) is 23.2 Å². The summed E-state index contributed by atoms with van der Waals surface area (Å²) in [5.41, 5.74) is 5.98. The van der Waals surface area contributed by atoms with E-state index in [1.165, 1.54) is 25.2 Å². The predicted molar refractivity (Wildman–Crippen MR) is 74.5 cm³/mol. The van der Waals surface area contributed by atoms with Crippen LogP contribution in [-0.2, 0) is 0 Å². The number of nitrogens with two attached hydrogens (primary N) is 1. The van der Waals surface area contributed by atoms with Gasteiger partial charge in [0.1, 0.15) is 5.82 Å². The van der Waals surface area contributed by atoms with Gasteiger partial charge in [-0.1, -0.05) is 6.07 Å². The van der Waals surface area contributed by atoms with Crippen LogP contribution in [0.5, 0.6) is 0 Å². The van der Waals surface area contributed by atoms with Crippen LogP contribution in [0.4, 0.5) is 10.1 Å². The van der Waals surface area contributed by atoms with Gasteiger partial charge in [-0.3, -0.25) is 9.59 Å². The van der Waals surface area contributed by atoms with Crippen molar-refractivity contribution in [3.8, 4) is 0 Å². The minimum atomic E-state index is -0.792. The van der Waals surface area contributed by atoms with Crippen LogP contribution in [0.2, 0.25) is 0 Å². The lowest BCUT2D eigenvalue weighted by molar-refractivity contribution is 0.0991. The highest BCUT2D eigenvalue weighted by molar-refractivity contribution is 7.04. The fraction of sp³-hybridized carbons (Fsp3) is 0.154. The Balaban J connectivity index is 2.49. The molecule has 1 aromatic heterocycles. The SMILES string of the molecule is Cc1nscc1C(=O)N(C)c1c(F)cccc1C(N)=O. The van der Waals surface area contributed by atoms with Gasteiger partial charge in [0.05, 0.1) is 22.5 Å². The molecular weight excluding hydrogens is 281 g/mol. The Bertz CT molecular complexity index is 684. The number of hydrogen-bond donors (Lipinski definition) is 1. The minimum absolute atomic E-state index is 0.0401. The summed E-state index contributed by atoms with van der Waals surface area (Å²) in [4.78, 5) is 24.8. The van der Waals surface area contributed by atoms with Gasteiger partial charge in [0.15, 0.2) is 0 Å². The molecule has 0 aliphatic rings. The average molecular weight is 293 g/mol. The first kappa shape index (κ1) is 14.1. The molecule has 0 saturated carbocycles. The number of aromatic nitrogens is 1. The monoisotopic (exact) mass is 293 g/mol. The van der Waals surface area contributed by atoms with Crippen LogP contribution in [0, 0.1) is 12.7 Å². The van der Waals surface area contributed by atoms with Gasteiger partial charge in [0, 0.05) is 12.4 Å². The molecule has 0 aliphatic carbocycles. The molecule has 0 unspecified atom stereocenters. The molecule has 0 radical (unpaired) electrons. The molecule has 2 aromatic rings. The molecule has 1 heterocycles. The number of anilines is 1. The summed E-state index contributed by atoms with van der Waals surface area (Å²) in [5.74, 6) is -1.92. The molecule has 20 heavy (non-hydrogen) atoms. The highest BCUT2D eigenvalue weighted by atomic mass is 32.1. The lowest BCUT2D eigenvalue weighted by Crippen LogP contribution is -2.30. The summed E-state index contributed by atoms with van der Waals surface area (Å²) in [7, 11) is 1.39. The van der Waals surface area contributed by atoms with Gasteiger partial charge in [-0.25, -0.2) is 4.39 Å². The van der Waals surface area contributed by atoms with Crippen molar-refractivity contribution in [3.63, 3.8) is 0 Å². The van der Waals surface area contributed by atoms with Crippen LogP contribution in [0.1, 0.15) is 26.4 Å². The van der Waals surface area contributed by atoms with E-state index in [1.807, 2.05) is 0 Å². The van der Waals surface area contributed by atoms with E-state index in [0.29, 0.717) is 11.3 Å². The van der Waals surface area contributed by atoms with Gasteiger partial charge in [-0.2, -0.15) is 4.37 Å². The zero-order valence-electron chi connectivity index (χ0n) is 10.9. The Kier molecular flexibility index (Phi) is 3.80. The summed E-state index contributed by atoms with van der Waals surface area (Å²) >= 11 is 1.14. The smallest absolute Gasteiger partial charge is 0.260 e. The van der Waals surface area contributed by atoms with E-state index in [1.54, 1.807) is 12.3 Å². The molecule has 0 spiro atoms. The van der Waals surface area contributed by atoms with Crippen LogP contribution < -0.4 is 10.6 Å². The first-order valence-electron chi connectivity index (χ1n) is 5.70. The molecule has 2 N–H and O–H groups in total. The molecule has 0 atom stereocenters. The first-order chi connectivity index (χ1) is 9.43. The molecule has 0 saturated heterocycles. The molecule has 2 amide bonds. The van der Waals surface area contributed by atoms with Crippen molar-refractivity contribution in [2.45, 2.75) is 6.92 Å². The van der Waals surface area contributed by atoms with Crippen molar-refractivity contribution in [1.29, 1.82) is 0 Å². The zero-order chi connectivity index (χ0) is 14.9. The molecule has 7 heteroatoms. The number of benzene rings is 1. The van der Waals surface area contributed by atoms with Gasteiger partial charge in [0.2, 0.25) is 0 Å². The van der Waals surface area contributed by atoms with Crippen molar-refractivity contribution in [1.82, 2.24) is 4.37 Å². The lowest BCUT2D eigenvalue weighted by atomic mass is 10.1. The van der Waals surface area contributed by atoms with Gasteiger partial charge >= 0.3 is 0 Å². The van der Waals surface area contributed by atoms with Crippen molar-refractivity contribution in [3.05, 3.63) is 46.2 Å². The predicted octanol–water partition coefficient (Wildman–Crippen LogP) is 1.97. The normalized spacial score (nSPS) is 10.3. The van der Waals surface area contributed by atoms with Crippen molar-refractivity contribution >= 4 is 29.0 Å². The fourth-order valence-corrected chi connectivity index (χ4v) is 2.52. The quantitative estimate of drug-likeness (QED) is 0.940. The number of carbonyl (C=O) groups is 2. The Hall–Kier alpha value is -2.28.